The van der Waals surface area contributed by atoms with Crippen LogP contribution in [0.3, 0.4) is 0 Å². The molecule has 0 heterocycles. The smallest absolute Gasteiger partial charge is 0.240 e. The highest BCUT2D eigenvalue weighted by molar-refractivity contribution is 7.89. The van der Waals surface area contributed by atoms with Crippen molar-refractivity contribution in [1.29, 1.82) is 0 Å². The second-order valence-corrected chi connectivity index (χ2v) is 6.64. The van der Waals surface area contributed by atoms with Crippen LogP contribution in [0.1, 0.15) is 5.56 Å². The third-order valence-corrected chi connectivity index (χ3v) is 4.68. The van der Waals surface area contributed by atoms with Gasteiger partial charge in [0.05, 0.1) is 15.6 Å². The van der Waals surface area contributed by atoms with Crippen molar-refractivity contribution in [1.82, 2.24) is 4.72 Å². The molecule has 0 bridgehead atoms. The Hall–Kier alpha value is -1.63. The molecule has 0 aliphatic carbocycles. The van der Waals surface area contributed by atoms with Crippen LogP contribution in [0, 0.1) is 5.82 Å². The molecule has 0 unspecified atom stereocenters. The molecular formula is C14H14ClFN2O2S. The highest BCUT2D eigenvalue weighted by atomic mass is 35.5. The maximum absolute atomic E-state index is 13.0. The normalized spacial score (nSPS) is 11.5. The van der Waals surface area contributed by atoms with E-state index in [2.05, 4.69) is 4.72 Å². The molecule has 0 spiro atoms. The van der Waals surface area contributed by atoms with Gasteiger partial charge in [-0.1, -0.05) is 23.7 Å². The van der Waals surface area contributed by atoms with Gasteiger partial charge in [0.25, 0.3) is 0 Å². The first-order chi connectivity index (χ1) is 9.88. The van der Waals surface area contributed by atoms with Gasteiger partial charge in [-0.2, -0.15) is 0 Å². The summed E-state index contributed by atoms with van der Waals surface area (Å²) in [6.07, 6.45) is 0.389. The number of hydrogen-bond donors (Lipinski definition) is 2. The van der Waals surface area contributed by atoms with Crippen molar-refractivity contribution < 1.29 is 12.8 Å². The van der Waals surface area contributed by atoms with Gasteiger partial charge in [0.15, 0.2) is 0 Å². The standard InChI is InChI=1S/C14H14ClFN2O2S/c15-13-5-4-12(9-14(13)17)21(19,20)18-7-6-10-2-1-3-11(16)8-10/h1-5,8-9,18H,6-7,17H2. The average molecular weight is 329 g/mol. The Balaban J connectivity index is 2.03. The molecule has 21 heavy (non-hydrogen) atoms. The summed E-state index contributed by atoms with van der Waals surface area (Å²) in [5.74, 6) is -0.346. The lowest BCUT2D eigenvalue weighted by atomic mass is 10.1. The third-order valence-electron chi connectivity index (χ3n) is 2.87. The summed E-state index contributed by atoms with van der Waals surface area (Å²) >= 11 is 5.75. The molecule has 0 saturated heterocycles. The second kappa shape index (κ2) is 6.43. The highest BCUT2D eigenvalue weighted by Crippen LogP contribution is 2.22. The summed E-state index contributed by atoms with van der Waals surface area (Å²) in [5.41, 5.74) is 6.50. The predicted molar refractivity (Wildman–Crippen MR) is 81.2 cm³/mol. The number of anilines is 1. The lowest BCUT2D eigenvalue weighted by Gasteiger charge is -2.08. The molecule has 112 valence electrons. The van der Waals surface area contributed by atoms with E-state index in [1.807, 2.05) is 0 Å². The summed E-state index contributed by atoms with van der Waals surface area (Å²) in [7, 11) is -3.66. The topological polar surface area (TPSA) is 72.2 Å². The second-order valence-electron chi connectivity index (χ2n) is 4.46. The Morgan fingerprint density at radius 1 is 1.19 bits per heavy atom. The minimum Gasteiger partial charge on any atom is -0.397 e. The zero-order chi connectivity index (χ0) is 15.5. The minimum atomic E-state index is -3.66. The molecule has 7 heteroatoms. The molecule has 2 aromatic rings. The Morgan fingerprint density at radius 2 is 1.95 bits per heavy atom. The Kier molecular flexibility index (Phi) is 4.82. The van der Waals surface area contributed by atoms with E-state index in [0.717, 1.165) is 0 Å². The van der Waals surface area contributed by atoms with Crippen molar-refractivity contribution in [2.75, 3.05) is 12.3 Å². The number of nitrogens with two attached hydrogens (primary N) is 1. The molecule has 4 nitrogen and oxygen atoms in total. The van der Waals surface area contributed by atoms with Crippen LogP contribution in [0.15, 0.2) is 47.4 Å². The van der Waals surface area contributed by atoms with E-state index in [-0.39, 0.29) is 22.9 Å². The van der Waals surface area contributed by atoms with Crippen molar-refractivity contribution in [3.8, 4) is 0 Å². The molecule has 0 aliphatic heterocycles. The van der Waals surface area contributed by atoms with Crippen LogP contribution in [0.2, 0.25) is 5.02 Å². The fourth-order valence-corrected chi connectivity index (χ4v) is 2.98. The van der Waals surface area contributed by atoms with E-state index in [1.54, 1.807) is 12.1 Å². The first-order valence-corrected chi connectivity index (χ1v) is 8.04. The molecule has 2 aromatic carbocycles. The van der Waals surface area contributed by atoms with Crippen molar-refractivity contribution in [2.24, 2.45) is 0 Å². The quantitative estimate of drug-likeness (QED) is 0.829. The fraction of sp³-hybridized carbons (Fsp3) is 0.143. The van der Waals surface area contributed by atoms with Crippen LogP contribution < -0.4 is 10.5 Å². The number of hydrogen-bond acceptors (Lipinski definition) is 3. The maximum Gasteiger partial charge on any atom is 0.240 e. The Morgan fingerprint density at radius 3 is 2.62 bits per heavy atom. The van der Waals surface area contributed by atoms with Crippen LogP contribution >= 0.6 is 11.6 Å². The minimum absolute atomic E-state index is 0.0450. The van der Waals surface area contributed by atoms with Gasteiger partial charge in [-0.05, 0) is 42.3 Å². The van der Waals surface area contributed by atoms with Gasteiger partial charge >= 0.3 is 0 Å². The van der Waals surface area contributed by atoms with Gasteiger partial charge in [0.1, 0.15) is 5.82 Å². The molecule has 2 rings (SSSR count). The average Bonchev–Trinajstić information content (AvgIpc) is 2.41. The van der Waals surface area contributed by atoms with Gasteiger partial charge in [-0.25, -0.2) is 17.5 Å². The number of halogens is 2. The molecule has 0 radical (unpaired) electrons. The van der Waals surface area contributed by atoms with Crippen LogP contribution in [-0.4, -0.2) is 15.0 Å². The number of rotatable bonds is 5. The van der Waals surface area contributed by atoms with Crippen LogP contribution in [0.25, 0.3) is 0 Å². The number of benzene rings is 2. The molecular weight excluding hydrogens is 315 g/mol. The number of nitrogen functional groups attached to an aromatic ring is 1. The SMILES string of the molecule is Nc1cc(S(=O)(=O)NCCc2cccc(F)c2)ccc1Cl. The van der Waals surface area contributed by atoms with Crippen LogP contribution in [-0.2, 0) is 16.4 Å². The predicted octanol–water partition coefficient (Wildman–Crippen LogP) is 2.58. The molecule has 0 saturated carbocycles. The first-order valence-electron chi connectivity index (χ1n) is 6.17. The summed E-state index contributed by atoms with van der Waals surface area (Å²) in [5, 5.41) is 0.300. The van der Waals surface area contributed by atoms with E-state index in [9.17, 15) is 12.8 Å². The number of sulfonamides is 1. The van der Waals surface area contributed by atoms with E-state index in [0.29, 0.717) is 17.0 Å². The monoisotopic (exact) mass is 328 g/mol. The molecule has 0 aromatic heterocycles. The summed E-state index contributed by atoms with van der Waals surface area (Å²) in [6.45, 7) is 0.161. The maximum atomic E-state index is 13.0. The van der Waals surface area contributed by atoms with Gasteiger partial charge in [-0.15, -0.1) is 0 Å². The zero-order valence-electron chi connectivity index (χ0n) is 11.0. The summed E-state index contributed by atoms with van der Waals surface area (Å²) < 4.78 is 39.6. The number of nitrogens with one attached hydrogen (secondary N) is 1. The largest absolute Gasteiger partial charge is 0.397 e. The van der Waals surface area contributed by atoms with Crippen molar-refractivity contribution in [3.05, 3.63) is 58.9 Å². The highest BCUT2D eigenvalue weighted by Gasteiger charge is 2.14. The lowest BCUT2D eigenvalue weighted by Crippen LogP contribution is -2.26. The van der Waals surface area contributed by atoms with Gasteiger partial charge in [-0.3, -0.25) is 0 Å². The summed E-state index contributed by atoms with van der Waals surface area (Å²) in [4.78, 5) is 0.0450. The Labute approximate surface area is 127 Å². The molecule has 0 atom stereocenters. The van der Waals surface area contributed by atoms with Gasteiger partial charge < -0.3 is 5.73 Å². The third kappa shape index (κ3) is 4.17. The van der Waals surface area contributed by atoms with E-state index in [4.69, 9.17) is 17.3 Å². The fourth-order valence-electron chi connectivity index (χ4n) is 1.79. The van der Waals surface area contributed by atoms with Crippen molar-refractivity contribution >= 4 is 27.3 Å². The molecule has 0 aliphatic rings. The van der Waals surface area contributed by atoms with Gasteiger partial charge in [0, 0.05) is 6.54 Å². The first kappa shape index (κ1) is 15.8. The molecule has 3 N–H and O–H groups in total. The van der Waals surface area contributed by atoms with E-state index < -0.39 is 10.0 Å². The van der Waals surface area contributed by atoms with Gasteiger partial charge in [0.2, 0.25) is 10.0 Å². The van der Waals surface area contributed by atoms with Crippen LogP contribution in [0.5, 0.6) is 0 Å². The van der Waals surface area contributed by atoms with Crippen molar-refractivity contribution in [3.63, 3.8) is 0 Å². The lowest BCUT2D eigenvalue weighted by molar-refractivity contribution is 0.581. The van der Waals surface area contributed by atoms with E-state index >= 15 is 0 Å². The van der Waals surface area contributed by atoms with E-state index in [1.165, 1.54) is 30.3 Å². The van der Waals surface area contributed by atoms with Crippen LogP contribution in [0.4, 0.5) is 10.1 Å². The summed E-state index contributed by atoms with van der Waals surface area (Å²) in [6, 6.07) is 10.1. The van der Waals surface area contributed by atoms with Crippen molar-refractivity contribution in [2.45, 2.75) is 11.3 Å². The molecule has 0 amide bonds. The molecule has 0 fully saturated rings. The zero-order valence-corrected chi connectivity index (χ0v) is 12.6. The Bertz CT molecular complexity index is 750.